The van der Waals surface area contributed by atoms with E-state index in [0.717, 1.165) is 31.5 Å². The maximum Gasteiger partial charge on any atom is 0.221 e. The van der Waals surface area contributed by atoms with E-state index in [4.69, 9.17) is 15.2 Å². The molecule has 0 saturated heterocycles. The van der Waals surface area contributed by atoms with Crippen molar-refractivity contribution in [3.63, 3.8) is 0 Å². The van der Waals surface area contributed by atoms with Gasteiger partial charge in [-0.3, -0.25) is 4.79 Å². The van der Waals surface area contributed by atoms with E-state index in [0.29, 0.717) is 18.1 Å². The summed E-state index contributed by atoms with van der Waals surface area (Å²) in [4.78, 5) is 11.1. The fraction of sp³-hybridized carbons (Fsp3) is 0.690. The number of rotatable bonds is 21. The highest BCUT2D eigenvalue weighted by Crippen LogP contribution is 2.28. The fourth-order valence-electron chi connectivity index (χ4n) is 3.84. The molecule has 0 bridgehead atoms. The normalized spacial score (nSPS) is 10.5. The van der Waals surface area contributed by atoms with Gasteiger partial charge in [-0.15, -0.1) is 11.8 Å². The first kappa shape index (κ1) is 29.8. The number of unbranched alkanes of at least 4 members (excludes halogenated alkanes) is 12. The maximum absolute atomic E-state index is 11.1. The highest BCUT2D eigenvalue weighted by Gasteiger charge is 2.07. The van der Waals surface area contributed by atoms with Gasteiger partial charge < -0.3 is 20.5 Å². The van der Waals surface area contributed by atoms with Crippen LogP contribution in [0.15, 0.2) is 18.2 Å². The molecule has 0 heterocycles. The molecule has 1 rings (SSSR count). The van der Waals surface area contributed by atoms with Crippen LogP contribution >= 0.6 is 0 Å². The molecule has 1 amide bonds. The Morgan fingerprint density at radius 2 is 1.47 bits per heavy atom. The highest BCUT2D eigenvalue weighted by atomic mass is 16.5. The third-order valence-electron chi connectivity index (χ3n) is 5.83. The summed E-state index contributed by atoms with van der Waals surface area (Å²) in [5, 5.41) is 3.43. The Morgan fingerprint density at radius 3 is 2.09 bits per heavy atom. The number of benzene rings is 1. The van der Waals surface area contributed by atoms with E-state index in [1.807, 2.05) is 12.1 Å². The Balaban J connectivity index is 1.91. The van der Waals surface area contributed by atoms with Crippen molar-refractivity contribution in [3.05, 3.63) is 23.8 Å². The molecule has 0 aromatic heterocycles. The molecule has 3 N–H and O–H groups in total. The number of amides is 1. The van der Waals surface area contributed by atoms with Crippen molar-refractivity contribution in [1.29, 1.82) is 0 Å². The number of methoxy groups -OCH3 is 1. The molecule has 1 aromatic rings. The van der Waals surface area contributed by atoms with Crippen LogP contribution in [0.4, 0.5) is 0 Å². The molecule has 0 spiro atoms. The molecule has 1 aromatic carbocycles. The third kappa shape index (κ3) is 16.4. The number of hydrogen-bond acceptors (Lipinski definition) is 4. The molecule has 34 heavy (non-hydrogen) atoms. The molecular formula is C29H48N2O3. The van der Waals surface area contributed by atoms with Crippen LogP contribution in [0.2, 0.25) is 0 Å². The average Bonchev–Trinajstić information content (AvgIpc) is 2.83. The highest BCUT2D eigenvalue weighted by molar-refractivity contribution is 5.76. The molecule has 5 heteroatoms. The summed E-state index contributed by atoms with van der Waals surface area (Å²) in [6.45, 7) is 4.65. The minimum atomic E-state index is -0.358. The number of primary amides is 1. The topological polar surface area (TPSA) is 73.6 Å². The zero-order valence-electron chi connectivity index (χ0n) is 21.8. The van der Waals surface area contributed by atoms with Crippen LogP contribution < -0.4 is 20.5 Å². The zero-order chi connectivity index (χ0) is 24.7. The molecule has 0 unspecified atom stereocenters. The van der Waals surface area contributed by atoms with E-state index in [2.05, 4.69) is 24.1 Å². The van der Waals surface area contributed by atoms with E-state index in [9.17, 15) is 4.79 Å². The van der Waals surface area contributed by atoms with Crippen molar-refractivity contribution in [2.45, 2.75) is 103 Å². The molecule has 0 fully saturated rings. The predicted octanol–water partition coefficient (Wildman–Crippen LogP) is 6.18. The number of ether oxygens (including phenoxy) is 2. The summed E-state index contributed by atoms with van der Waals surface area (Å²) in [7, 11) is 1.60. The Kier molecular flexibility index (Phi) is 18.7. The van der Waals surface area contributed by atoms with Gasteiger partial charge in [0.1, 0.15) is 6.61 Å². The first-order valence-corrected chi connectivity index (χ1v) is 13.4. The monoisotopic (exact) mass is 472 g/mol. The summed E-state index contributed by atoms with van der Waals surface area (Å²) in [5.41, 5.74) is 6.07. The van der Waals surface area contributed by atoms with Gasteiger partial charge in [0.05, 0.1) is 13.5 Å². The zero-order valence-corrected chi connectivity index (χ0v) is 21.8. The van der Waals surface area contributed by atoms with Crippen molar-refractivity contribution >= 4 is 5.91 Å². The molecule has 0 aliphatic carbocycles. The van der Waals surface area contributed by atoms with Crippen LogP contribution in [-0.4, -0.2) is 32.7 Å². The van der Waals surface area contributed by atoms with E-state index in [-0.39, 0.29) is 12.3 Å². The standard InChI is InChI=1S/C29H48N2O3/c1-3-4-5-6-7-8-9-10-11-12-13-14-15-16-17-18-21-31-22-23-34-27-20-19-26(25-29(30)32)24-28(27)33-2/h19-20,24,31H,3-9,12-18,21-23,25H2,1-2H3,(H2,30,32). The number of nitrogens with one attached hydrogen (secondary N) is 1. The van der Waals surface area contributed by atoms with Crippen LogP contribution in [-0.2, 0) is 11.2 Å². The Hall–Kier alpha value is -2.19. The smallest absolute Gasteiger partial charge is 0.221 e. The van der Waals surface area contributed by atoms with Crippen LogP contribution in [0.3, 0.4) is 0 Å². The molecule has 0 aliphatic heterocycles. The molecule has 5 nitrogen and oxygen atoms in total. The summed E-state index contributed by atoms with van der Waals surface area (Å²) in [6, 6.07) is 5.48. The number of nitrogens with two attached hydrogens (primary N) is 1. The Bertz CT molecular complexity index is 709. The van der Waals surface area contributed by atoms with Crippen molar-refractivity contribution in [2.24, 2.45) is 5.73 Å². The van der Waals surface area contributed by atoms with Crippen LogP contribution in [0.5, 0.6) is 11.5 Å². The van der Waals surface area contributed by atoms with E-state index in [1.54, 1.807) is 13.2 Å². The maximum atomic E-state index is 11.1. The largest absolute Gasteiger partial charge is 0.493 e. The Labute approximate surface area is 208 Å². The van der Waals surface area contributed by atoms with Crippen molar-refractivity contribution in [2.75, 3.05) is 26.8 Å². The summed E-state index contributed by atoms with van der Waals surface area (Å²) < 4.78 is 11.2. The SMILES string of the molecule is CCCCCCCCC#CCCCCCCCCNCCOc1ccc(CC(N)=O)cc1OC. The van der Waals surface area contributed by atoms with Gasteiger partial charge >= 0.3 is 0 Å². The van der Waals surface area contributed by atoms with Crippen LogP contribution in [0.25, 0.3) is 0 Å². The van der Waals surface area contributed by atoms with Crippen LogP contribution in [0, 0.1) is 11.8 Å². The predicted molar refractivity (Wildman–Crippen MR) is 142 cm³/mol. The fourth-order valence-corrected chi connectivity index (χ4v) is 3.84. The second-order valence-electron chi connectivity index (χ2n) is 8.97. The van der Waals surface area contributed by atoms with Gasteiger partial charge in [0.15, 0.2) is 11.5 Å². The summed E-state index contributed by atoms with van der Waals surface area (Å²) in [5.74, 6) is 7.65. The summed E-state index contributed by atoms with van der Waals surface area (Å²) >= 11 is 0. The average molecular weight is 473 g/mol. The second kappa shape index (κ2) is 21.4. The lowest BCUT2D eigenvalue weighted by molar-refractivity contribution is -0.117. The number of hydrogen-bond donors (Lipinski definition) is 2. The molecule has 0 saturated carbocycles. The van der Waals surface area contributed by atoms with Gasteiger partial charge in [-0.25, -0.2) is 0 Å². The van der Waals surface area contributed by atoms with Gasteiger partial charge in [0, 0.05) is 19.4 Å². The molecule has 0 atom stereocenters. The molecule has 0 radical (unpaired) electrons. The molecule has 192 valence electrons. The van der Waals surface area contributed by atoms with Gasteiger partial charge in [0.2, 0.25) is 5.91 Å². The lowest BCUT2D eigenvalue weighted by atomic mass is 10.1. The van der Waals surface area contributed by atoms with Gasteiger partial charge in [0.25, 0.3) is 0 Å². The van der Waals surface area contributed by atoms with Crippen molar-refractivity contribution < 1.29 is 14.3 Å². The second-order valence-corrected chi connectivity index (χ2v) is 8.97. The lowest BCUT2D eigenvalue weighted by Gasteiger charge is -2.12. The minimum Gasteiger partial charge on any atom is -0.493 e. The van der Waals surface area contributed by atoms with Gasteiger partial charge in [-0.2, -0.15) is 0 Å². The quantitative estimate of drug-likeness (QED) is 0.166. The summed E-state index contributed by atoms with van der Waals surface area (Å²) in [6.07, 6.45) is 18.1. The first-order valence-electron chi connectivity index (χ1n) is 13.4. The third-order valence-corrected chi connectivity index (χ3v) is 5.83. The number of carbonyl (C=O) groups excluding carboxylic acids is 1. The Morgan fingerprint density at radius 1 is 0.853 bits per heavy atom. The van der Waals surface area contributed by atoms with E-state index >= 15 is 0 Å². The first-order chi connectivity index (χ1) is 16.7. The number of carbonyl (C=O) groups is 1. The molecular weight excluding hydrogens is 424 g/mol. The van der Waals surface area contributed by atoms with Gasteiger partial charge in [-0.05, 0) is 43.5 Å². The van der Waals surface area contributed by atoms with Gasteiger partial charge in [-0.1, -0.05) is 70.8 Å². The van der Waals surface area contributed by atoms with Crippen molar-refractivity contribution in [3.8, 4) is 23.3 Å². The minimum absolute atomic E-state index is 0.200. The molecule has 0 aliphatic rings. The van der Waals surface area contributed by atoms with Crippen LogP contribution in [0.1, 0.15) is 102 Å². The van der Waals surface area contributed by atoms with E-state index < -0.39 is 0 Å². The van der Waals surface area contributed by atoms with E-state index in [1.165, 1.54) is 77.0 Å². The lowest BCUT2D eigenvalue weighted by Crippen LogP contribution is -2.22. The van der Waals surface area contributed by atoms with Crippen molar-refractivity contribution in [1.82, 2.24) is 5.32 Å².